The van der Waals surface area contributed by atoms with E-state index in [0.29, 0.717) is 0 Å². The highest BCUT2D eigenvalue weighted by Crippen LogP contribution is 2.52. The molecule has 0 unspecified atom stereocenters. The number of aromatic nitrogens is 4. The van der Waals surface area contributed by atoms with Gasteiger partial charge in [0, 0.05) is 78.5 Å². The van der Waals surface area contributed by atoms with Crippen LogP contribution in [0.2, 0.25) is 0 Å². The molecule has 0 radical (unpaired) electrons. The van der Waals surface area contributed by atoms with Gasteiger partial charge in [0.15, 0.2) is 0 Å². The Morgan fingerprint density at radius 1 is 0.316 bits per heavy atom. The maximum Gasteiger partial charge on any atom is 0.0795 e. The summed E-state index contributed by atoms with van der Waals surface area (Å²) in [5.41, 5.74) is 15.1. The number of nitrogens with zero attached hydrogens (tertiary/aromatic N) is 4. The molecule has 0 bridgehead atoms. The molecule has 0 saturated carbocycles. The van der Waals surface area contributed by atoms with Gasteiger partial charge in [-0.3, -0.25) is 4.98 Å². The van der Waals surface area contributed by atoms with Gasteiger partial charge in [0.25, 0.3) is 0 Å². The van der Waals surface area contributed by atoms with E-state index >= 15 is 0 Å². The average molecular weight is 727 g/mol. The maximum absolute atomic E-state index is 4.76. The van der Waals surface area contributed by atoms with E-state index in [4.69, 9.17) is 4.98 Å². The molecule has 0 saturated heterocycles. The van der Waals surface area contributed by atoms with Gasteiger partial charge in [-0.15, -0.1) is 0 Å². The van der Waals surface area contributed by atoms with Crippen LogP contribution in [-0.4, -0.2) is 18.7 Å². The van der Waals surface area contributed by atoms with Gasteiger partial charge in [0.05, 0.1) is 33.1 Å². The molecule has 4 heteroatoms. The molecule has 12 aromatic rings. The molecule has 266 valence electrons. The molecule has 0 amide bonds. The van der Waals surface area contributed by atoms with Crippen molar-refractivity contribution >= 4 is 65.4 Å². The summed E-state index contributed by atoms with van der Waals surface area (Å²) in [6.45, 7) is 0. The summed E-state index contributed by atoms with van der Waals surface area (Å²) in [4.78, 5) is 4.76. The van der Waals surface area contributed by atoms with Crippen LogP contribution in [0.3, 0.4) is 0 Å². The summed E-state index contributed by atoms with van der Waals surface area (Å²) in [7, 11) is 0. The molecule has 8 aromatic carbocycles. The second-order valence-electron chi connectivity index (χ2n) is 14.7. The molecule has 4 heterocycles. The van der Waals surface area contributed by atoms with Gasteiger partial charge in [-0.2, -0.15) is 0 Å². The zero-order valence-electron chi connectivity index (χ0n) is 30.9. The van der Waals surface area contributed by atoms with Crippen LogP contribution in [-0.2, 0) is 0 Å². The summed E-state index contributed by atoms with van der Waals surface area (Å²) in [6.07, 6.45) is 3.91. The SMILES string of the molecule is c1ccc(-n2c3ccccc3c3cc(-c4c(-c5cccnc5)c5c6ccccc6n(-c6ccccc6)c5c5c4c4ccccc4n5-c4ccccc4)ccc32)cc1. The van der Waals surface area contributed by atoms with Crippen molar-refractivity contribution in [2.45, 2.75) is 0 Å². The van der Waals surface area contributed by atoms with Crippen LogP contribution in [0.15, 0.2) is 207 Å². The summed E-state index contributed by atoms with van der Waals surface area (Å²) >= 11 is 0. The van der Waals surface area contributed by atoms with Gasteiger partial charge in [0.1, 0.15) is 0 Å². The first kappa shape index (κ1) is 31.6. The first-order valence-corrected chi connectivity index (χ1v) is 19.5. The zero-order valence-corrected chi connectivity index (χ0v) is 30.9. The Balaban J connectivity index is 1.35. The fourth-order valence-electron chi connectivity index (χ4n) is 9.45. The van der Waals surface area contributed by atoms with Gasteiger partial charge in [0.2, 0.25) is 0 Å². The summed E-state index contributed by atoms with van der Waals surface area (Å²) in [6, 6.07) is 70.3. The fourth-order valence-corrected chi connectivity index (χ4v) is 9.45. The van der Waals surface area contributed by atoms with E-state index in [0.717, 1.165) is 39.2 Å². The average Bonchev–Trinajstić information content (AvgIpc) is 3.93. The van der Waals surface area contributed by atoms with Crippen molar-refractivity contribution in [2.24, 2.45) is 0 Å². The van der Waals surface area contributed by atoms with Crippen LogP contribution in [0.4, 0.5) is 0 Å². The minimum atomic E-state index is 1.08. The molecule has 0 spiro atoms. The predicted molar refractivity (Wildman–Crippen MR) is 238 cm³/mol. The quantitative estimate of drug-likeness (QED) is 0.174. The number of para-hydroxylation sites is 6. The van der Waals surface area contributed by atoms with Crippen molar-refractivity contribution in [1.29, 1.82) is 0 Å². The normalized spacial score (nSPS) is 11.9. The van der Waals surface area contributed by atoms with Crippen LogP contribution >= 0.6 is 0 Å². The Morgan fingerprint density at radius 2 is 0.754 bits per heavy atom. The van der Waals surface area contributed by atoms with Crippen LogP contribution in [0.5, 0.6) is 0 Å². The number of fused-ring (bicyclic) bond motifs is 10. The Morgan fingerprint density at radius 3 is 1.28 bits per heavy atom. The molecule has 0 aliphatic carbocycles. The first-order valence-electron chi connectivity index (χ1n) is 19.5. The topological polar surface area (TPSA) is 27.7 Å². The highest BCUT2D eigenvalue weighted by Gasteiger charge is 2.29. The molecule has 0 aliphatic heterocycles. The van der Waals surface area contributed by atoms with E-state index in [-0.39, 0.29) is 0 Å². The fraction of sp³-hybridized carbons (Fsp3) is 0. The third-order valence-electron chi connectivity index (χ3n) is 11.7. The van der Waals surface area contributed by atoms with Crippen LogP contribution in [0, 0.1) is 0 Å². The number of pyridine rings is 1. The highest BCUT2D eigenvalue weighted by molar-refractivity contribution is 6.33. The number of hydrogen-bond acceptors (Lipinski definition) is 1. The molecule has 0 aliphatic rings. The monoisotopic (exact) mass is 726 g/mol. The summed E-state index contributed by atoms with van der Waals surface area (Å²) in [5.74, 6) is 0. The van der Waals surface area contributed by atoms with Gasteiger partial charge >= 0.3 is 0 Å². The molecular weight excluding hydrogens is 693 g/mol. The van der Waals surface area contributed by atoms with Gasteiger partial charge in [-0.25, -0.2) is 0 Å². The number of hydrogen-bond donors (Lipinski definition) is 0. The lowest BCUT2D eigenvalue weighted by molar-refractivity contribution is 1.15. The Bertz CT molecular complexity index is 3480. The van der Waals surface area contributed by atoms with Crippen molar-refractivity contribution in [2.75, 3.05) is 0 Å². The van der Waals surface area contributed by atoms with E-state index in [1.807, 2.05) is 12.4 Å². The smallest absolute Gasteiger partial charge is 0.0795 e. The van der Waals surface area contributed by atoms with E-state index in [1.54, 1.807) is 0 Å². The third-order valence-corrected chi connectivity index (χ3v) is 11.7. The molecule has 12 rings (SSSR count). The third kappa shape index (κ3) is 4.59. The first-order chi connectivity index (χ1) is 28.3. The minimum absolute atomic E-state index is 1.08. The standard InChI is InChI=1S/C53H34N4/c1-4-18-37(19-5-1)55-44-27-13-10-24-40(44)43-33-35(30-31-47(43)55)48-49(36-17-16-32-54-34-36)51-42-26-12-15-29-46(42)57(39-22-8-3-9-23-39)53(51)52-50(48)41-25-11-14-28-45(41)56(52)38-20-6-2-7-21-38/h1-34H. The Hall–Kier alpha value is -7.69. The molecule has 0 N–H and O–H groups in total. The Labute approximate surface area is 328 Å². The van der Waals surface area contributed by atoms with Crippen LogP contribution < -0.4 is 0 Å². The van der Waals surface area contributed by atoms with Crippen molar-refractivity contribution in [1.82, 2.24) is 18.7 Å². The molecule has 0 fully saturated rings. The van der Waals surface area contributed by atoms with Gasteiger partial charge in [-0.05, 0) is 78.4 Å². The lowest BCUT2D eigenvalue weighted by atomic mass is 9.87. The number of rotatable bonds is 5. The van der Waals surface area contributed by atoms with Crippen molar-refractivity contribution in [3.63, 3.8) is 0 Å². The predicted octanol–water partition coefficient (Wildman–Crippen LogP) is 13.7. The van der Waals surface area contributed by atoms with Crippen molar-refractivity contribution < 1.29 is 0 Å². The van der Waals surface area contributed by atoms with Crippen molar-refractivity contribution in [3.8, 4) is 39.3 Å². The van der Waals surface area contributed by atoms with Gasteiger partial charge < -0.3 is 13.7 Å². The van der Waals surface area contributed by atoms with E-state index in [9.17, 15) is 0 Å². The van der Waals surface area contributed by atoms with Crippen LogP contribution in [0.1, 0.15) is 0 Å². The van der Waals surface area contributed by atoms with Gasteiger partial charge in [-0.1, -0.05) is 121 Å². The second-order valence-corrected chi connectivity index (χ2v) is 14.7. The van der Waals surface area contributed by atoms with E-state index in [2.05, 4.69) is 208 Å². The lowest BCUT2D eigenvalue weighted by Crippen LogP contribution is -2.00. The van der Waals surface area contributed by atoms with Crippen LogP contribution in [0.25, 0.3) is 105 Å². The largest absolute Gasteiger partial charge is 0.309 e. The Kier molecular flexibility index (Phi) is 6.89. The zero-order chi connectivity index (χ0) is 37.5. The van der Waals surface area contributed by atoms with Crippen molar-refractivity contribution in [3.05, 3.63) is 207 Å². The molecule has 57 heavy (non-hydrogen) atoms. The molecular formula is C53H34N4. The highest BCUT2D eigenvalue weighted by atomic mass is 15.0. The summed E-state index contributed by atoms with van der Waals surface area (Å²) in [5, 5.41) is 7.27. The lowest BCUT2D eigenvalue weighted by Gasteiger charge is -2.18. The minimum Gasteiger partial charge on any atom is -0.309 e. The van der Waals surface area contributed by atoms with E-state index in [1.165, 1.54) is 65.5 Å². The molecule has 4 nitrogen and oxygen atoms in total. The van der Waals surface area contributed by atoms with E-state index < -0.39 is 0 Å². The second kappa shape index (κ2) is 12.4. The number of benzene rings is 8. The maximum atomic E-state index is 4.76. The molecule has 0 atom stereocenters. The molecule has 4 aromatic heterocycles. The summed E-state index contributed by atoms with van der Waals surface area (Å²) < 4.78 is 7.36.